The van der Waals surface area contributed by atoms with Gasteiger partial charge in [0.1, 0.15) is 6.61 Å². The molecule has 1 aromatic rings. The van der Waals surface area contributed by atoms with Gasteiger partial charge in [-0.15, -0.1) is 0 Å². The van der Waals surface area contributed by atoms with Crippen molar-refractivity contribution >= 4 is 43.7 Å². The number of aliphatic carboxylic acids is 1. The largest absolute Gasteiger partial charge is 0.480 e. The number of benzene rings is 1. The lowest BCUT2D eigenvalue weighted by atomic mass is 10.2. The zero-order valence-electron chi connectivity index (χ0n) is 9.28. The van der Waals surface area contributed by atoms with E-state index in [1.54, 1.807) is 18.2 Å². The highest BCUT2D eigenvalue weighted by molar-refractivity contribution is 9.11. The van der Waals surface area contributed by atoms with Crippen molar-refractivity contribution in [3.05, 3.63) is 32.7 Å². The highest BCUT2D eigenvalue weighted by Crippen LogP contribution is 2.21. The molecule has 98 valence electrons. The first-order valence-corrected chi connectivity index (χ1v) is 6.62. The molecule has 0 aromatic heterocycles. The number of carboxylic acid groups (broad SMARTS) is 1. The quantitative estimate of drug-likeness (QED) is 0.740. The lowest BCUT2D eigenvalue weighted by molar-refractivity contribution is -0.142. The number of hydrogen-bond acceptors (Lipinski definition) is 3. The first kappa shape index (κ1) is 15.1. The number of carbonyl (C=O) groups is 2. The molecular formula is C11H11Br2NO4. The number of rotatable bonds is 6. The number of halogens is 2. The fourth-order valence-corrected chi connectivity index (χ4v) is 2.39. The van der Waals surface area contributed by atoms with Gasteiger partial charge in [-0.1, -0.05) is 15.9 Å². The van der Waals surface area contributed by atoms with Gasteiger partial charge < -0.3 is 15.2 Å². The Hall–Kier alpha value is -0.920. The van der Waals surface area contributed by atoms with Gasteiger partial charge in [0.2, 0.25) is 0 Å². The van der Waals surface area contributed by atoms with Crippen molar-refractivity contribution in [1.82, 2.24) is 5.32 Å². The van der Waals surface area contributed by atoms with Gasteiger partial charge in [-0.2, -0.15) is 0 Å². The SMILES string of the molecule is O=C(O)COCCNC(=O)c1ccc(Br)cc1Br. The van der Waals surface area contributed by atoms with Crippen LogP contribution in [0, 0.1) is 0 Å². The topological polar surface area (TPSA) is 75.6 Å². The summed E-state index contributed by atoms with van der Waals surface area (Å²) in [5.74, 6) is -1.27. The summed E-state index contributed by atoms with van der Waals surface area (Å²) in [6, 6.07) is 5.22. The minimum atomic E-state index is -1.03. The molecule has 0 aliphatic rings. The average molecular weight is 381 g/mol. The fraction of sp³-hybridized carbons (Fsp3) is 0.273. The molecular weight excluding hydrogens is 370 g/mol. The molecule has 0 aliphatic carbocycles. The second-order valence-electron chi connectivity index (χ2n) is 3.33. The average Bonchev–Trinajstić information content (AvgIpc) is 2.27. The van der Waals surface area contributed by atoms with Crippen molar-refractivity contribution in [2.75, 3.05) is 19.8 Å². The highest BCUT2D eigenvalue weighted by atomic mass is 79.9. The molecule has 1 amide bonds. The number of carboxylic acids is 1. The van der Waals surface area contributed by atoms with Gasteiger partial charge in [0.25, 0.3) is 5.91 Å². The smallest absolute Gasteiger partial charge is 0.329 e. The first-order valence-electron chi connectivity index (χ1n) is 5.03. The van der Waals surface area contributed by atoms with Crippen LogP contribution >= 0.6 is 31.9 Å². The zero-order valence-corrected chi connectivity index (χ0v) is 12.5. The van der Waals surface area contributed by atoms with Crippen molar-refractivity contribution in [3.8, 4) is 0 Å². The summed E-state index contributed by atoms with van der Waals surface area (Å²) >= 11 is 6.58. The molecule has 0 fully saturated rings. The van der Waals surface area contributed by atoms with E-state index in [4.69, 9.17) is 9.84 Å². The molecule has 0 saturated carbocycles. The molecule has 1 aromatic carbocycles. The molecule has 0 aliphatic heterocycles. The Bertz CT molecular complexity index is 451. The van der Waals surface area contributed by atoms with Crippen molar-refractivity contribution in [3.63, 3.8) is 0 Å². The van der Waals surface area contributed by atoms with Crippen LogP contribution in [0.4, 0.5) is 0 Å². The third-order valence-corrected chi connectivity index (χ3v) is 3.08. The van der Waals surface area contributed by atoms with E-state index in [9.17, 15) is 9.59 Å². The van der Waals surface area contributed by atoms with Gasteiger partial charge in [0, 0.05) is 15.5 Å². The Morgan fingerprint density at radius 2 is 2.06 bits per heavy atom. The van der Waals surface area contributed by atoms with E-state index in [1.807, 2.05) is 0 Å². The van der Waals surface area contributed by atoms with Crippen molar-refractivity contribution in [2.24, 2.45) is 0 Å². The van der Waals surface area contributed by atoms with Crippen molar-refractivity contribution < 1.29 is 19.4 Å². The predicted molar refractivity (Wildman–Crippen MR) is 72.6 cm³/mol. The molecule has 7 heteroatoms. The van der Waals surface area contributed by atoms with E-state index < -0.39 is 5.97 Å². The van der Waals surface area contributed by atoms with Crippen LogP contribution in [0.1, 0.15) is 10.4 Å². The summed E-state index contributed by atoms with van der Waals surface area (Å²) in [6.07, 6.45) is 0. The second kappa shape index (κ2) is 7.50. The summed E-state index contributed by atoms with van der Waals surface area (Å²) in [5.41, 5.74) is 0.511. The monoisotopic (exact) mass is 379 g/mol. The number of carbonyl (C=O) groups excluding carboxylic acids is 1. The van der Waals surface area contributed by atoms with Crippen molar-refractivity contribution in [2.45, 2.75) is 0 Å². The molecule has 0 saturated heterocycles. The number of amides is 1. The Balaban J connectivity index is 2.39. The molecule has 1 rings (SSSR count). The van der Waals surface area contributed by atoms with Crippen LogP contribution in [0.25, 0.3) is 0 Å². The van der Waals surface area contributed by atoms with E-state index in [2.05, 4.69) is 37.2 Å². The Morgan fingerprint density at radius 3 is 2.67 bits per heavy atom. The molecule has 0 bridgehead atoms. The Kier molecular flexibility index (Phi) is 6.31. The fourth-order valence-electron chi connectivity index (χ4n) is 1.17. The van der Waals surface area contributed by atoms with E-state index in [0.29, 0.717) is 10.0 Å². The lowest BCUT2D eigenvalue weighted by Crippen LogP contribution is -2.28. The van der Waals surface area contributed by atoms with Gasteiger partial charge in [-0.3, -0.25) is 4.79 Å². The second-order valence-corrected chi connectivity index (χ2v) is 5.10. The molecule has 0 spiro atoms. The molecule has 0 unspecified atom stereocenters. The maximum absolute atomic E-state index is 11.7. The lowest BCUT2D eigenvalue weighted by Gasteiger charge is -2.07. The molecule has 0 atom stereocenters. The summed E-state index contributed by atoms with van der Waals surface area (Å²) < 4.78 is 6.35. The first-order chi connectivity index (χ1) is 8.50. The molecule has 18 heavy (non-hydrogen) atoms. The molecule has 5 nitrogen and oxygen atoms in total. The van der Waals surface area contributed by atoms with Crippen LogP contribution in [0.15, 0.2) is 27.1 Å². The van der Waals surface area contributed by atoms with E-state index >= 15 is 0 Å². The van der Waals surface area contributed by atoms with E-state index in [1.165, 1.54) is 0 Å². The Morgan fingerprint density at radius 1 is 1.33 bits per heavy atom. The Labute approximate surface area is 121 Å². The van der Waals surface area contributed by atoms with Gasteiger partial charge >= 0.3 is 5.97 Å². The van der Waals surface area contributed by atoms with Crippen molar-refractivity contribution in [1.29, 1.82) is 0 Å². The number of hydrogen-bond donors (Lipinski definition) is 2. The van der Waals surface area contributed by atoms with Crippen LogP contribution in [0.2, 0.25) is 0 Å². The maximum atomic E-state index is 11.7. The van der Waals surface area contributed by atoms with Gasteiger partial charge in [0.05, 0.1) is 12.2 Å². The third kappa shape index (κ3) is 5.16. The third-order valence-electron chi connectivity index (χ3n) is 1.93. The summed E-state index contributed by atoms with van der Waals surface area (Å²) in [7, 11) is 0. The predicted octanol–water partition coefficient (Wildman–Crippen LogP) is 2.04. The summed E-state index contributed by atoms with van der Waals surface area (Å²) in [5, 5.41) is 11.0. The van der Waals surface area contributed by atoms with Gasteiger partial charge in [-0.05, 0) is 34.1 Å². The van der Waals surface area contributed by atoms with Crippen LogP contribution in [0.5, 0.6) is 0 Å². The standard InChI is InChI=1S/C11H11Br2NO4/c12-7-1-2-8(9(13)5-7)11(17)14-3-4-18-6-10(15)16/h1-2,5H,3-4,6H2,(H,14,17)(H,15,16). The van der Waals surface area contributed by atoms with E-state index in [-0.39, 0.29) is 25.7 Å². The van der Waals surface area contributed by atoms with Gasteiger partial charge in [-0.25, -0.2) is 4.79 Å². The number of ether oxygens (including phenoxy) is 1. The molecule has 0 heterocycles. The van der Waals surface area contributed by atoms with Crippen LogP contribution in [0.3, 0.4) is 0 Å². The van der Waals surface area contributed by atoms with Crippen LogP contribution < -0.4 is 5.32 Å². The minimum absolute atomic E-state index is 0.159. The zero-order chi connectivity index (χ0) is 13.5. The summed E-state index contributed by atoms with van der Waals surface area (Å²) in [4.78, 5) is 21.9. The van der Waals surface area contributed by atoms with Gasteiger partial charge in [0.15, 0.2) is 0 Å². The number of nitrogens with one attached hydrogen (secondary N) is 1. The maximum Gasteiger partial charge on any atom is 0.329 e. The molecule has 2 N–H and O–H groups in total. The normalized spacial score (nSPS) is 10.1. The minimum Gasteiger partial charge on any atom is -0.480 e. The van der Waals surface area contributed by atoms with Crippen LogP contribution in [-0.4, -0.2) is 36.7 Å². The molecule has 0 radical (unpaired) electrons. The van der Waals surface area contributed by atoms with Crippen LogP contribution in [-0.2, 0) is 9.53 Å². The van der Waals surface area contributed by atoms with E-state index in [0.717, 1.165) is 4.47 Å². The highest BCUT2D eigenvalue weighted by Gasteiger charge is 2.09. The summed E-state index contributed by atoms with van der Waals surface area (Å²) in [6.45, 7) is 0.0542.